The van der Waals surface area contributed by atoms with E-state index in [0.29, 0.717) is 24.4 Å². The molecule has 1 aromatic carbocycles. The Kier molecular flexibility index (Phi) is 6.56. The summed E-state index contributed by atoms with van der Waals surface area (Å²) in [5.74, 6) is 1.64. The molecule has 154 valence electrons. The van der Waals surface area contributed by atoms with E-state index in [0.717, 1.165) is 68.4 Å². The summed E-state index contributed by atoms with van der Waals surface area (Å²) in [7, 11) is 0. The van der Waals surface area contributed by atoms with Crippen molar-refractivity contribution in [3.8, 4) is 0 Å². The number of rotatable bonds is 7. The Morgan fingerprint density at radius 2 is 1.89 bits per heavy atom. The number of halogens is 2. The number of hydrogen-bond acceptors (Lipinski definition) is 3. The molecule has 0 N–H and O–H groups in total. The van der Waals surface area contributed by atoms with Gasteiger partial charge in [0.15, 0.2) is 0 Å². The molecule has 1 aliphatic carbocycles. The summed E-state index contributed by atoms with van der Waals surface area (Å²) in [6.07, 6.45) is 6.76. The number of ether oxygens (including phenoxy) is 1. The van der Waals surface area contributed by atoms with Gasteiger partial charge in [-0.05, 0) is 93.8 Å². The minimum Gasteiger partial charge on any atom is -0.449 e. The van der Waals surface area contributed by atoms with Crippen molar-refractivity contribution in [3.05, 3.63) is 34.1 Å². The summed E-state index contributed by atoms with van der Waals surface area (Å²) in [4.78, 5) is 16.4. The van der Waals surface area contributed by atoms with Crippen LogP contribution in [0.15, 0.2) is 22.7 Å². The minimum absolute atomic E-state index is 0.118. The van der Waals surface area contributed by atoms with Gasteiger partial charge in [0.1, 0.15) is 5.82 Å². The number of cyclic esters (lactones) is 1. The maximum Gasteiger partial charge on any atom is 0.409 e. The molecule has 4 rings (SSSR count). The van der Waals surface area contributed by atoms with Crippen LogP contribution < -0.4 is 0 Å². The number of carbonyl (C=O) groups excluding carboxylic acids is 1. The largest absolute Gasteiger partial charge is 0.449 e. The molecule has 1 atom stereocenters. The fraction of sp³-hybridized carbons (Fsp3) is 0.682. The summed E-state index contributed by atoms with van der Waals surface area (Å²) in [6.45, 7) is 5.61. The van der Waals surface area contributed by atoms with E-state index in [-0.39, 0.29) is 11.9 Å². The van der Waals surface area contributed by atoms with Gasteiger partial charge in [0, 0.05) is 23.5 Å². The van der Waals surface area contributed by atoms with Crippen molar-refractivity contribution < 1.29 is 13.9 Å². The smallest absolute Gasteiger partial charge is 0.409 e. The van der Waals surface area contributed by atoms with E-state index in [4.69, 9.17) is 4.74 Å². The van der Waals surface area contributed by atoms with Crippen molar-refractivity contribution in [2.24, 2.45) is 17.8 Å². The van der Waals surface area contributed by atoms with Crippen LogP contribution in [0.4, 0.5) is 9.18 Å². The molecule has 1 aromatic rings. The molecule has 3 aliphatic rings. The SMILES string of the molecule is O=C1OCC(CCN2CCC(Cc3cc(F)ccc3Br)CC2)CN1CC1CC1. The Hall–Kier alpha value is -1.14. The van der Waals surface area contributed by atoms with Gasteiger partial charge in [-0.2, -0.15) is 0 Å². The second-order valence-electron chi connectivity index (χ2n) is 8.80. The molecule has 0 aromatic heterocycles. The first-order chi connectivity index (χ1) is 13.6. The third-order valence-corrected chi connectivity index (χ3v) is 7.21. The molecule has 0 spiro atoms. The zero-order valence-corrected chi connectivity index (χ0v) is 18.0. The molecule has 28 heavy (non-hydrogen) atoms. The first-order valence-corrected chi connectivity index (χ1v) is 11.4. The number of benzene rings is 1. The number of nitrogens with zero attached hydrogens (tertiary/aromatic N) is 2. The second-order valence-corrected chi connectivity index (χ2v) is 9.66. The van der Waals surface area contributed by atoms with E-state index >= 15 is 0 Å². The Bertz CT molecular complexity index is 689. The quantitative estimate of drug-likeness (QED) is 0.600. The van der Waals surface area contributed by atoms with E-state index in [1.54, 1.807) is 6.07 Å². The lowest BCUT2D eigenvalue weighted by atomic mass is 9.90. The predicted octanol–water partition coefficient (Wildman–Crippen LogP) is 4.71. The van der Waals surface area contributed by atoms with E-state index in [1.165, 1.54) is 18.9 Å². The number of hydrogen-bond donors (Lipinski definition) is 0. The van der Waals surface area contributed by atoms with Crippen LogP contribution in [0.2, 0.25) is 0 Å². The third kappa shape index (κ3) is 5.47. The normalized spacial score (nSPS) is 24.4. The van der Waals surface area contributed by atoms with Gasteiger partial charge in [0.25, 0.3) is 0 Å². The van der Waals surface area contributed by atoms with Gasteiger partial charge >= 0.3 is 6.09 Å². The first-order valence-electron chi connectivity index (χ1n) is 10.6. The van der Waals surface area contributed by atoms with E-state index in [9.17, 15) is 9.18 Å². The molecule has 0 radical (unpaired) electrons. The van der Waals surface area contributed by atoms with Crippen molar-refractivity contribution in [2.45, 2.75) is 38.5 Å². The Morgan fingerprint density at radius 1 is 1.11 bits per heavy atom. The summed E-state index contributed by atoms with van der Waals surface area (Å²) < 4.78 is 19.9. The van der Waals surface area contributed by atoms with Crippen LogP contribution in [0, 0.1) is 23.6 Å². The average Bonchev–Trinajstić information content (AvgIpc) is 3.50. The Balaban J connectivity index is 1.18. The summed E-state index contributed by atoms with van der Waals surface area (Å²) in [5, 5.41) is 0. The van der Waals surface area contributed by atoms with Crippen molar-refractivity contribution in [3.63, 3.8) is 0 Å². The maximum atomic E-state index is 13.5. The van der Waals surface area contributed by atoms with Crippen LogP contribution in [-0.2, 0) is 11.2 Å². The monoisotopic (exact) mass is 452 g/mol. The minimum atomic E-state index is -0.153. The standard InChI is InChI=1S/C22H30BrFN2O2/c23-21-4-3-20(24)12-19(21)11-16-5-8-25(9-6-16)10-7-18-14-26(13-17-1-2-17)22(27)28-15-18/h3-4,12,16-18H,1-2,5-11,13-15H2. The molecule has 1 saturated carbocycles. The molecular weight excluding hydrogens is 423 g/mol. The van der Waals surface area contributed by atoms with Crippen molar-refractivity contribution in [2.75, 3.05) is 39.3 Å². The fourth-order valence-corrected chi connectivity index (χ4v) is 4.85. The zero-order chi connectivity index (χ0) is 19.5. The van der Waals surface area contributed by atoms with Gasteiger partial charge in [0.05, 0.1) is 6.61 Å². The van der Waals surface area contributed by atoms with Gasteiger partial charge in [-0.15, -0.1) is 0 Å². The molecule has 2 saturated heterocycles. The van der Waals surface area contributed by atoms with E-state index in [1.807, 2.05) is 11.0 Å². The second kappa shape index (κ2) is 9.12. The van der Waals surface area contributed by atoms with Gasteiger partial charge in [-0.25, -0.2) is 9.18 Å². The van der Waals surface area contributed by atoms with Crippen LogP contribution in [-0.4, -0.2) is 55.2 Å². The fourth-order valence-electron chi connectivity index (χ4n) is 4.45. The highest BCUT2D eigenvalue weighted by Crippen LogP contribution is 2.31. The zero-order valence-electron chi connectivity index (χ0n) is 16.4. The predicted molar refractivity (Wildman–Crippen MR) is 111 cm³/mol. The van der Waals surface area contributed by atoms with Crippen LogP contribution >= 0.6 is 15.9 Å². The van der Waals surface area contributed by atoms with Crippen molar-refractivity contribution in [1.82, 2.24) is 9.80 Å². The Morgan fingerprint density at radius 3 is 2.64 bits per heavy atom. The van der Waals surface area contributed by atoms with Crippen LogP contribution in [0.25, 0.3) is 0 Å². The molecule has 3 fully saturated rings. The lowest BCUT2D eigenvalue weighted by Gasteiger charge is -2.35. The number of piperidine rings is 1. The van der Waals surface area contributed by atoms with Crippen LogP contribution in [0.3, 0.4) is 0 Å². The molecule has 2 aliphatic heterocycles. The van der Waals surface area contributed by atoms with Gasteiger partial charge < -0.3 is 14.5 Å². The molecule has 2 heterocycles. The lowest BCUT2D eigenvalue weighted by Crippen LogP contribution is -2.45. The maximum absolute atomic E-state index is 13.5. The Labute approximate surface area is 175 Å². The first kappa shape index (κ1) is 20.1. The lowest BCUT2D eigenvalue weighted by molar-refractivity contribution is 0.0346. The highest BCUT2D eigenvalue weighted by atomic mass is 79.9. The van der Waals surface area contributed by atoms with E-state index in [2.05, 4.69) is 20.8 Å². The highest BCUT2D eigenvalue weighted by Gasteiger charge is 2.32. The van der Waals surface area contributed by atoms with Gasteiger partial charge in [-0.3, -0.25) is 0 Å². The average molecular weight is 453 g/mol. The van der Waals surface area contributed by atoms with E-state index < -0.39 is 0 Å². The van der Waals surface area contributed by atoms with Crippen molar-refractivity contribution >= 4 is 22.0 Å². The molecular formula is C22H30BrFN2O2. The molecule has 4 nitrogen and oxygen atoms in total. The topological polar surface area (TPSA) is 32.8 Å². The molecule has 0 bridgehead atoms. The summed E-state index contributed by atoms with van der Waals surface area (Å²) in [5.41, 5.74) is 1.08. The summed E-state index contributed by atoms with van der Waals surface area (Å²) in [6, 6.07) is 4.97. The number of amides is 1. The number of carbonyl (C=O) groups is 1. The van der Waals surface area contributed by atoms with Gasteiger partial charge in [0.2, 0.25) is 0 Å². The van der Waals surface area contributed by atoms with Gasteiger partial charge in [-0.1, -0.05) is 15.9 Å². The van der Waals surface area contributed by atoms with Crippen molar-refractivity contribution in [1.29, 1.82) is 0 Å². The molecule has 1 unspecified atom stereocenters. The molecule has 6 heteroatoms. The third-order valence-electron chi connectivity index (χ3n) is 6.43. The number of likely N-dealkylation sites (tertiary alicyclic amines) is 1. The highest BCUT2D eigenvalue weighted by molar-refractivity contribution is 9.10. The summed E-state index contributed by atoms with van der Waals surface area (Å²) >= 11 is 3.55. The van der Waals surface area contributed by atoms with Crippen LogP contribution in [0.1, 0.15) is 37.7 Å². The molecule has 1 amide bonds. The van der Waals surface area contributed by atoms with Crippen LogP contribution in [0.5, 0.6) is 0 Å².